The van der Waals surface area contributed by atoms with E-state index >= 15 is 0 Å². The van der Waals surface area contributed by atoms with Gasteiger partial charge in [-0.15, -0.1) is 22.0 Å². The Morgan fingerprint density at radius 1 is 1.28 bits per heavy atom. The topological polar surface area (TPSA) is 81.2 Å². The minimum absolute atomic E-state index is 0.150. The molecule has 0 bridgehead atoms. The van der Waals surface area contributed by atoms with Crippen molar-refractivity contribution in [3.8, 4) is 0 Å². The zero-order chi connectivity index (χ0) is 18.2. The molecular formula is C14H13Cl2N3O3S3. The number of hydrogen-bond acceptors (Lipinski definition) is 8. The van der Waals surface area contributed by atoms with Crippen molar-refractivity contribution >= 4 is 75.1 Å². The van der Waals surface area contributed by atoms with Crippen LogP contribution in [0.15, 0.2) is 22.5 Å². The van der Waals surface area contributed by atoms with Gasteiger partial charge in [-0.3, -0.25) is 14.9 Å². The Morgan fingerprint density at radius 2 is 2.08 bits per heavy atom. The number of benzene rings is 1. The summed E-state index contributed by atoms with van der Waals surface area (Å²) >= 11 is 15.8. The van der Waals surface area contributed by atoms with E-state index in [1.165, 1.54) is 42.0 Å². The molecule has 0 atom stereocenters. The Kier molecular flexibility index (Phi) is 8.31. The van der Waals surface area contributed by atoms with Crippen LogP contribution in [-0.2, 0) is 20.1 Å². The Labute approximate surface area is 167 Å². The number of amides is 1. The zero-order valence-corrected chi connectivity index (χ0v) is 16.9. The predicted octanol–water partition coefficient (Wildman–Crippen LogP) is 3.98. The van der Waals surface area contributed by atoms with Crippen LogP contribution in [0, 0.1) is 0 Å². The molecule has 0 unspecified atom stereocenters. The molecule has 0 fully saturated rings. The van der Waals surface area contributed by atoms with Gasteiger partial charge in [-0.1, -0.05) is 52.4 Å². The first kappa shape index (κ1) is 20.3. The molecule has 6 nitrogen and oxygen atoms in total. The predicted molar refractivity (Wildman–Crippen MR) is 104 cm³/mol. The summed E-state index contributed by atoms with van der Waals surface area (Å²) in [6.07, 6.45) is 0. The van der Waals surface area contributed by atoms with Gasteiger partial charge in [0.2, 0.25) is 11.0 Å². The Morgan fingerprint density at radius 3 is 2.80 bits per heavy atom. The van der Waals surface area contributed by atoms with Crippen LogP contribution in [0.3, 0.4) is 0 Å². The minimum Gasteiger partial charge on any atom is -0.468 e. The Hall–Kier alpha value is -1.000. The van der Waals surface area contributed by atoms with Gasteiger partial charge >= 0.3 is 5.97 Å². The highest BCUT2D eigenvalue weighted by Crippen LogP contribution is 2.26. The lowest BCUT2D eigenvalue weighted by Gasteiger charge is -2.04. The molecule has 0 aliphatic rings. The largest absolute Gasteiger partial charge is 0.468 e. The lowest BCUT2D eigenvalue weighted by atomic mass is 10.2. The summed E-state index contributed by atoms with van der Waals surface area (Å²) in [6.45, 7) is 0. The van der Waals surface area contributed by atoms with E-state index in [1.807, 2.05) is 6.07 Å². The molecular weight excluding hydrogens is 425 g/mol. The summed E-state index contributed by atoms with van der Waals surface area (Å²) in [5, 5.41) is 12.0. The lowest BCUT2D eigenvalue weighted by molar-refractivity contribution is -0.137. The maximum Gasteiger partial charge on any atom is 0.316 e. The third-order valence-corrected chi connectivity index (χ3v) is 6.21. The first-order chi connectivity index (χ1) is 12.0. The molecule has 0 aliphatic carbocycles. The molecule has 0 spiro atoms. The number of carbonyl (C=O) groups is 2. The highest BCUT2D eigenvalue weighted by molar-refractivity contribution is 8.01. The second kappa shape index (κ2) is 10.2. The van der Waals surface area contributed by atoms with Gasteiger partial charge in [0.05, 0.1) is 18.6 Å². The molecule has 0 saturated carbocycles. The Bertz CT molecular complexity index is 758. The van der Waals surface area contributed by atoms with Gasteiger partial charge < -0.3 is 4.74 Å². The summed E-state index contributed by atoms with van der Waals surface area (Å²) in [7, 11) is 1.32. The van der Waals surface area contributed by atoms with Crippen LogP contribution >= 0.6 is 58.1 Å². The maximum absolute atomic E-state index is 11.9. The van der Waals surface area contributed by atoms with E-state index in [4.69, 9.17) is 23.2 Å². The summed E-state index contributed by atoms with van der Waals surface area (Å²) in [5.41, 5.74) is 0.918. The number of methoxy groups -OCH3 is 1. The zero-order valence-electron chi connectivity index (χ0n) is 13.0. The molecule has 0 radical (unpaired) electrons. The SMILES string of the molecule is COC(=O)CSc1nnc(NC(=O)CSCc2ccc(Cl)cc2Cl)s1. The van der Waals surface area contributed by atoms with Crippen molar-refractivity contribution in [2.45, 2.75) is 10.1 Å². The third-order valence-electron chi connectivity index (χ3n) is 2.70. The number of esters is 1. The van der Waals surface area contributed by atoms with Gasteiger partial charge in [-0.05, 0) is 17.7 Å². The van der Waals surface area contributed by atoms with Crippen LogP contribution in [-0.4, -0.2) is 40.7 Å². The fraction of sp³-hybridized carbons (Fsp3) is 0.286. The van der Waals surface area contributed by atoms with E-state index in [-0.39, 0.29) is 23.4 Å². The molecule has 134 valence electrons. The molecule has 11 heteroatoms. The number of rotatable bonds is 8. The Balaban J connectivity index is 1.75. The highest BCUT2D eigenvalue weighted by Gasteiger charge is 2.11. The van der Waals surface area contributed by atoms with E-state index in [0.717, 1.165) is 5.56 Å². The number of carbonyl (C=O) groups excluding carboxylic acids is 2. The van der Waals surface area contributed by atoms with Crippen LogP contribution in [0.2, 0.25) is 10.0 Å². The molecule has 2 rings (SSSR count). The first-order valence-electron chi connectivity index (χ1n) is 6.82. The van der Waals surface area contributed by atoms with Crippen LogP contribution in [0.4, 0.5) is 5.13 Å². The van der Waals surface area contributed by atoms with Crippen LogP contribution in [0.1, 0.15) is 5.56 Å². The third kappa shape index (κ3) is 7.02. The van der Waals surface area contributed by atoms with Crippen LogP contribution in [0.25, 0.3) is 0 Å². The molecule has 1 amide bonds. The quantitative estimate of drug-likeness (QED) is 0.379. The van der Waals surface area contributed by atoms with E-state index in [2.05, 4.69) is 20.3 Å². The number of anilines is 1. The van der Waals surface area contributed by atoms with Crippen molar-refractivity contribution in [1.29, 1.82) is 0 Å². The summed E-state index contributed by atoms with van der Waals surface area (Å²) in [6, 6.07) is 5.27. The minimum atomic E-state index is -0.344. The molecule has 1 N–H and O–H groups in total. The number of nitrogens with one attached hydrogen (secondary N) is 1. The standard InChI is InChI=1S/C14H13Cl2N3O3S3/c1-22-12(21)7-24-14-19-18-13(25-14)17-11(20)6-23-5-8-2-3-9(15)4-10(8)16/h2-4H,5-7H2,1H3,(H,17,18,20). The second-order valence-electron chi connectivity index (χ2n) is 4.51. The van der Waals surface area contributed by atoms with Gasteiger partial charge in [0.1, 0.15) is 0 Å². The number of aromatic nitrogens is 2. The lowest BCUT2D eigenvalue weighted by Crippen LogP contribution is -2.14. The summed E-state index contributed by atoms with van der Waals surface area (Å²) in [4.78, 5) is 23.0. The fourth-order valence-electron chi connectivity index (χ4n) is 1.55. The molecule has 2 aromatic rings. The highest BCUT2D eigenvalue weighted by atomic mass is 35.5. The number of thioether (sulfide) groups is 2. The smallest absolute Gasteiger partial charge is 0.316 e. The van der Waals surface area contributed by atoms with Crippen molar-refractivity contribution < 1.29 is 14.3 Å². The van der Waals surface area contributed by atoms with Crippen LogP contribution < -0.4 is 5.32 Å². The molecule has 0 saturated heterocycles. The van der Waals surface area contributed by atoms with Gasteiger partial charge in [0, 0.05) is 15.8 Å². The van der Waals surface area contributed by atoms with Crippen molar-refractivity contribution in [2.24, 2.45) is 0 Å². The molecule has 0 aliphatic heterocycles. The summed E-state index contributed by atoms with van der Waals surface area (Å²) < 4.78 is 5.13. The molecule has 1 aromatic carbocycles. The number of ether oxygens (including phenoxy) is 1. The molecule has 1 aromatic heterocycles. The summed E-state index contributed by atoms with van der Waals surface area (Å²) in [5.74, 6) is 0.471. The van der Waals surface area contributed by atoms with Crippen molar-refractivity contribution in [1.82, 2.24) is 10.2 Å². The fourth-order valence-corrected chi connectivity index (χ4v) is 4.53. The van der Waals surface area contributed by atoms with Gasteiger partial charge in [-0.2, -0.15) is 0 Å². The molecule has 25 heavy (non-hydrogen) atoms. The average molecular weight is 438 g/mol. The van der Waals surface area contributed by atoms with Crippen molar-refractivity contribution in [3.05, 3.63) is 33.8 Å². The van der Waals surface area contributed by atoms with E-state index in [9.17, 15) is 9.59 Å². The number of halogens is 2. The monoisotopic (exact) mass is 437 g/mol. The number of nitrogens with zero attached hydrogens (tertiary/aromatic N) is 2. The first-order valence-corrected chi connectivity index (χ1v) is 10.5. The molecule has 1 heterocycles. The maximum atomic E-state index is 11.9. The normalized spacial score (nSPS) is 10.5. The van der Waals surface area contributed by atoms with Crippen LogP contribution in [0.5, 0.6) is 0 Å². The average Bonchev–Trinajstić information content (AvgIpc) is 3.02. The van der Waals surface area contributed by atoms with Gasteiger partial charge in [0.15, 0.2) is 4.34 Å². The van der Waals surface area contributed by atoms with Crippen molar-refractivity contribution in [3.63, 3.8) is 0 Å². The second-order valence-corrected chi connectivity index (χ2v) is 8.54. The van der Waals surface area contributed by atoms with E-state index in [1.54, 1.807) is 12.1 Å². The van der Waals surface area contributed by atoms with E-state index < -0.39 is 0 Å². The van der Waals surface area contributed by atoms with Gasteiger partial charge in [-0.25, -0.2) is 0 Å². The van der Waals surface area contributed by atoms with Crippen molar-refractivity contribution in [2.75, 3.05) is 23.9 Å². The number of hydrogen-bond donors (Lipinski definition) is 1. The van der Waals surface area contributed by atoms with E-state index in [0.29, 0.717) is 25.3 Å². The van der Waals surface area contributed by atoms with Gasteiger partial charge in [0.25, 0.3) is 0 Å².